The van der Waals surface area contributed by atoms with Gasteiger partial charge in [-0.25, -0.2) is 4.79 Å². The number of ether oxygens (including phenoxy) is 4. The summed E-state index contributed by atoms with van der Waals surface area (Å²) < 4.78 is 20.3. The molecule has 0 saturated carbocycles. The molecule has 2 rings (SSSR count). The normalized spacial score (nSPS) is 14.4. The number of nitrogens with zero attached hydrogens (tertiary/aromatic N) is 1. The molecule has 0 N–H and O–H groups in total. The molecule has 0 bridgehead atoms. The zero-order chi connectivity index (χ0) is 18.6. The fourth-order valence-electron chi connectivity index (χ4n) is 2.14. The van der Waals surface area contributed by atoms with Gasteiger partial charge in [-0.05, 0) is 25.1 Å². The molecule has 136 valence electrons. The minimum absolute atomic E-state index is 0.114. The van der Waals surface area contributed by atoms with E-state index in [1.165, 1.54) is 14.0 Å². The fraction of sp³-hybridized carbons (Fsp3) is 0.471. The van der Waals surface area contributed by atoms with Crippen LogP contribution < -0.4 is 9.47 Å². The molecule has 0 spiro atoms. The molecule has 0 fully saturated rings. The van der Waals surface area contributed by atoms with Crippen LogP contribution in [0.1, 0.15) is 37.6 Å². The number of hydrogen-bond donors (Lipinski definition) is 0. The third kappa shape index (κ3) is 4.40. The molecule has 1 aromatic rings. The lowest BCUT2D eigenvalue weighted by molar-refractivity contribution is -0.165. The van der Waals surface area contributed by atoms with Crippen molar-refractivity contribution in [3.05, 3.63) is 23.8 Å². The Balaban J connectivity index is 1.98. The summed E-state index contributed by atoms with van der Waals surface area (Å²) in [5.41, 5.74) is 0.391. The Kier molecular flexibility index (Phi) is 5.84. The largest absolute Gasteiger partial charge is 0.454 e. The second kappa shape index (κ2) is 7.87. The molecule has 1 aliphatic heterocycles. The molecule has 2 atom stereocenters. The second-order valence-corrected chi connectivity index (χ2v) is 5.51. The predicted octanol–water partition coefficient (Wildman–Crippen LogP) is 2.35. The van der Waals surface area contributed by atoms with Gasteiger partial charge in [0.15, 0.2) is 17.3 Å². The van der Waals surface area contributed by atoms with Crippen LogP contribution in [0.5, 0.6) is 11.5 Å². The quantitative estimate of drug-likeness (QED) is 0.441. The van der Waals surface area contributed by atoms with Crippen LogP contribution in [0.25, 0.3) is 0 Å². The molecule has 25 heavy (non-hydrogen) atoms. The summed E-state index contributed by atoms with van der Waals surface area (Å²) in [7, 11) is 1.44. The van der Waals surface area contributed by atoms with Gasteiger partial charge in [0.05, 0.1) is 6.04 Å². The maximum absolute atomic E-state index is 12.6. The van der Waals surface area contributed by atoms with Crippen molar-refractivity contribution in [1.29, 1.82) is 0 Å². The SMILES string of the molecule is CCC(=O)OC(C)OC(=O)N(C)C(C)C(=O)c1ccc2c(c1)OCO2. The Labute approximate surface area is 145 Å². The van der Waals surface area contributed by atoms with Crippen LogP contribution in [-0.4, -0.2) is 48.9 Å². The van der Waals surface area contributed by atoms with Gasteiger partial charge in [-0.3, -0.25) is 9.59 Å². The fourth-order valence-corrected chi connectivity index (χ4v) is 2.14. The van der Waals surface area contributed by atoms with E-state index in [1.54, 1.807) is 32.0 Å². The van der Waals surface area contributed by atoms with Crippen molar-refractivity contribution in [3.8, 4) is 11.5 Å². The molecule has 0 radical (unpaired) electrons. The van der Waals surface area contributed by atoms with Crippen LogP contribution in [0, 0.1) is 0 Å². The van der Waals surface area contributed by atoms with Crippen molar-refractivity contribution in [1.82, 2.24) is 4.90 Å². The number of likely N-dealkylation sites (N-methyl/N-ethyl adjacent to an activating group) is 1. The highest BCUT2D eigenvalue weighted by Gasteiger charge is 2.27. The number of rotatable bonds is 6. The highest BCUT2D eigenvalue weighted by molar-refractivity contribution is 6.01. The molecule has 1 aliphatic rings. The minimum Gasteiger partial charge on any atom is -0.454 e. The average molecular weight is 351 g/mol. The minimum atomic E-state index is -1.03. The first-order valence-corrected chi connectivity index (χ1v) is 7.90. The first-order valence-electron chi connectivity index (χ1n) is 7.90. The summed E-state index contributed by atoms with van der Waals surface area (Å²) in [5.74, 6) is 0.301. The average Bonchev–Trinajstić information content (AvgIpc) is 3.06. The van der Waals surface area contributed by atoms with Gasteiger partial charge in [0.25, 0.3) is 0 Å². The lowest BCUT2D eigenvalue weighted by Gasteiger charge is -2.25. The van der Waals surface area contributed by atoms with Crippen LogP contribution in [0.3, 0.4) is 0 Å². The monoisotopic (exact) mass is 351 g/mol. The number of carbonyl (C=O) groups excluding carboxylic acids is 3. The van der Waals surface area contributed by atoms with Gasteiger partial charge >= 0.3 is 12.1 Å². The topological polar surface area (TPSA) is 91.4 Å². The summed E-state index contributed by atoms with van der Waals surface area (Å²) in [6.07, 6.45) is -1.62. The number of ketones is 1. The molecule has 1 aromatic carbocycles. The number of esters is 1. The van der Waals surface area contributed by atoms with Gasteiger partial charge in [0, 0.05) is 26.0 Å². The molecule has 0 aliphatic carbocycles. The summed E-state index contributed by atoms with van der Waals surface area (Å²) in [4.78, 5) is 37.0. The van der Waals surface area contributed by atoms with Gasteiger partial charge < -0.3 is 23.8 Å². The highest BCUT2D eigenvalue weighted by atomic mass is 16.7. The molecular formula is C17H21NO7. The molecule has 0 aromatic heterocycles. The molecule has 8 heteroatoms. The molecule has 1 amide bonds. The Morgan fingerprint density at radius 3 is 2.52 bits per heavy atom. The van der Waals surface area contributed by atoms with Gasteiger partial charge in [-0.2, -0.15) is 0 Å². The van der Waals surface area contributed by atoms with Crippen LogP contribution in [0.2, 0.25) is 0 Å². The summed E-state index contributed by atoms with van der Waals surface area (Å²) in [5, 5.41) is 0. The van der Waals surface area contributed by atoms with Gasteiger partial charge in [-0.1, -0.05) is 6.92 Å². The maximum Gasteiger partial charge on any atom is 0.413 e. The van der Waals surface area contributed by atoms with Gasteiger partial charge in [0.2, 0.25) is 13.1 Å². The lowest BCUT2D eigenvalue weighted by atomic mass is 10.0. The second-order valence-electron chi connectivity index (χ2n) is 5.51. The molecule has 8 nitrogen and oxygen atoms in total. The number of fused-ring (bicyclic) bond motifs is 1. The zero-order valence-corrected chi connectivity index (χ0v) is 14.6. The van der Waals surface area contributed by atoms with Crippen LogP contribution in [0.4, 0.5) is 4.79 Å². The van der Waals surface area contributed by atoms with E-state index in [2.05, 4.69) is 0 Å². The van der Waals surface area contributed by atoms with E-state index in [4.69, 9.17) is 18.9 Å². The molecule has 0 saturated heterocycles. The van der Waals surface area contributed by atoms with E-state index in [0.717, 1.165) is 4.90 Å². The van der Waals surface area contributed by atoms with E-state index < -0.39 is 24.4 Å². The highest BCUT2D eigenvalue weighted by Crippen LogP contribution is 2.33. The Morgan fingerprint density at radius 2 is 1.84 bits per heavy atom. The van der Waals surface area contributed by atoms with Crippen molar-refractivity contribution in [3.63, 3.8) is 0 Å². The van der Waals surface area contributed by atoms with Crippen molar-refractivity contribution in [2.24, 2.45) is 0 Å². The number of carbonyl (C=O) groups is 3. The van der Waals surface area contributed by atoms with E-state index in [9.17, 15) is 14.4 Å². The Hall–Kier alpha value is -2.77. The van der Waals surface area contributed by atoms with Crippen LogP contribution in [-0.2, 0) is 14.3 Å². The third-order valence-electron chi connectivity index (χ3n) is 3.76. The number of Topliss-reactive ketones (excluding diaryl/α,β-unsaturated/α-hetero) is 1. The maximum atomic E-state index is 12.6. The Morgan fingerprint density at radius 1 is 1.16 bits per heavy atom. The molecule has 1 heterocycles. The lowest BCUT2D eigenvalue weighted by Crippen LogP contribution is -2.42. The van der Waals surface area contributed by atoms with Crippen LogP contribution in [0.15, 0.2) is 18.2 Å². The van der Waals surface area contributed by atoms with Gasteiger partial charge in [-0.15, -0.1) is 0 Å². The molecular weight excluding hydrogens is 330 g/mol. The smallest absolute Gasteiger partial charge is 0.413 e. The van der Waals surface area contributed by atoms with Crippen molar-refractivity contribution >= 4 is 17.8 Å². The zero-order valence-electron chi connectivity index (χ0n) is 14.6. The number of hydrogen-bond acceptors (Lipinski definition) is 7. The third-order valence-corrected chi connectivity index (χ3v) is 3.76. The summed E-state index contributed by atoms with van der Waals surface area (Å²) in [6, 6.07) is 4.05. The van der Waals surface area contributed by atoms with E-state index in [1.807, 2.05) is 0 Å². The van der Waals surface area contributed by atoms with Crippen molar-refractivity contribution < 1.29 is 33.3 Å². The Bertz CT molecular complexity index is 673. The molecule has 2 unspecified atom stereocenters. The van der Waals surface area contributed by atoms with Crippen molar-refractivity contribution in [2.75, 3.05) is 13.8 Å². The van der Waals surface area contributed by atoms with E-state index >= 15 is 0 Å². The first kappa shape index (κ1) is 18.6. The van der Waals surface area contributed by atoms with Crippen LogP contribution >= 0.6 is 0 Å². The first-order chi connectivity index (χ1) is 11.8. The number of amides is 1. The van der Waals surface area contributed by atoms with Crippen molar-refractivity contribution in [2.45, 2.75) is 39.5 Å². The van der Waals surface area contributed by atoms with E-state index in [0.29, 0.717) is 17.1 Å². The summed E-state index contributed by atoms with van der Waals surface area (Å²) in [6.45, 7) is 4.76. The van der Waals surface area contributed by atoms with Gasteiger partial charge in [0.1, 0.15) is 0 Å². The van der Waals surface area contributed by atoms with E-state index in [-0.39, 0.29) is 19.0 Å². The predicted molar refractivity (Wildman–Crippen MR) is 86.4 cm³/mol. The standard InChI is InChI=1S/C17H21NO7/c1-5-15(19)24-11(3)25-17(21)18(4)10(2)16(20)12-6-7-13-14(8-12)23-9-22-13/h6-8,10-11H,5,9H2,1-4H3. The number of benzene rings is 1. The summed E-state index contributed by atoms with van der Waals surface area (Å²) >= 11 is 0.